The SMILES string of the molecule is COc1ccc2[nH]c(=O)c(CCCN)cc2c1. The number of H-pyrrole nitrogens is 1. The van der Waals surface area contributed by atoms with E-state index in [0.29, 0.717) is 13.0 Å². The highest BCUT2D eigenvalue weighted by molar-refractivity contribution is 5.80. The zero-order valence-corrected chi connectivity index (χ0v) is 9.82. The highest BCUT2D eigenvalue weighted by Crippen LogP contribution is 2.18. The molecule has 0 radical (unpaired) electrons. The Kier molecular flexibility index (Phi) is 3.44. The molecule has 0 aliphatic heterocycles. The van der Waals surface area contributed by atoms with E-state index in [-0.39, 0.29) is 5.56 Å². The van der Waals surface area contributed by atoms with Gasteiger partial charge in [-0.05, 0) is 43.7 Å². The van der Waals surface area contributed by atoms with Gasteiger partial charge in [-0.2, -0.15) is 0 Å². The Balaban J connectivity index is 2.48. The molecule has 0 amide bonds. The summed E-state index contributed by atoms with van der Waals surface area (Å²) in [6, 6.07) is 7.50. The monoisotopic (exact) mass is 232 g/mol. The highest BCUT2D eigenvalue weighted by Gasteiger charge is 2.03. The van der Waals surface area contributed by atoms with Crippen molar-refractivity contribution in [2.24, 2.45) is 5.73 Å². The highest BCUT2D eigenvalue weighted by atomic mass is 16.5. The van der Waals surface area contributed by atoms with Crippen molar-refractivity contribution in [2.45, 2.75) is 12.8 Å². The van der Waals surface area contributed by atoms with E-state index in [1.165, 1.54) is 0 Å². The fourth-order valence-electron chi connectivity index (χ4n) is 1.84. The minimum Gasteiger partial charge on any atom is -0.497 e. The van der Waals surface area contributed by atoms with Gasteiger partial charge in [0.15, 0.2) is 0 Å². The van der Waals surface area contributed by atoms with Crippen molar-refractivity contribution >= 4 is 10.9 Å². The Morgan fingerprint density at radius 3 is 2.88 bits per heavy atom. The topological polar surface area (TPSA) is 68.1 Å². The van der Waals surface area contributed by atoms with E-state index in [1.807, 2.05) is 24.3 Å². The van der Waals surface area contributed by atoms with Gasteiger partial charge in [0.2, 0.25) is 0 Å². The lowest BCUT2D eigenvalue weighted by Gasteiger charge is -2.05. The number of hydrogen-bond acceptors (Lipinski definition) is 3. The molecular weight excluding hydrogens is 216 g/mol. The normalized spacial score (nSPS) is 10.7. The average molecular weight is 232 g/mol. The first-order valence-corrected chi connectivity index (χ1v) is 5.64. The lowest BCUT2D eigenvalue weighted by atomic mass is 10.1. The molecule has 4 heteroatoms. The predicted molar refractivity (Wildman–Crippen MR) is 68.5 cm³/mol. The molecule has 90 valence electrons. The number of benzene rings is 1. The van der Waals surface area contributed by atoms with Crippen LogP contribution in [0.2, 0.25) is 0 Å². The summed E-state index contributed by atoms with van der Waals surface area (Å²) < 4.78 is 5.16. The molecule has 0 bridgehead atoms. The molecule has 2 aromatic rings. The molecule has 0 aliphatic rings. The van der Waals surface area contributed by atoms with Crippen LogP contribution in [0.1, 0.15) is 12.0 Å². The van der Waals surface area contributed by atoms with E-state index in [0.717, 1.165) is 28.6 Å². The first-order chi connectivity index (χ1) is 8.24. The number of nitrogens with one attached hydrogen (secondary N) is 1. The number of pyridine rings is 1. The molecule has 1 aromatic heterocycles. The number of aromatic amines is 1. The molecule has 3 N–H and O–H groups in total. The molecule has 0 saturated heterocycles. The van der Waals surface area contributed by atoms with E-state index >= 15 is 0 Å². The van der Waals surface area contributed by atoms with Crippen LogP contribution in [0.25, 0.3) is 10.9 Å². The molecule has 0 saturated carbocycles. The van der Waals surface area contributed by atoms with Crippen LogP contribution in [0.5, 0.6) is 5.75 Å². The lowest BCUT2D eigenvalue weighted by Crippen LogP contribution is -2.13. The fraction of sp³-hybridized carbons (Fsp3) is 0.308. The Morgan fingerprint density at radius 2 is 2.18 bits per heavy atom. The summed E-state index contributed by atoms with van der Waals surface area (Å²) in [7, 11) is 1.63. The van der Waals surface area contributed by atoms with Crippen LogP contribution in [0.3, 0.4) is 0 Å². The largest absolute Gasteiger partial charge is 0.497 e. The number of nitrogens with two attached hydrogens (primary N) is 1. The molecule has 4 nitrogen and oxygen atoms in total. The van der Waals surface area contributed by atoms with Gasteiger partial charge in [-0.25, -0.2) is 0 Å². The number of hydrogen-bond donors (Lipinski definition) is 2. The number of fused-ring (bicyclic) bond motifs is 1. The van der Waals surface area contributed by atoms with Gasteiger partial charge in [0.1, 0.15) is 5.75 Å². The number of rotatable bonds is 4. The zero-order valence-electron chi connectivity index (χ0n) is 9.82. The average Bonchev–Trinajstić information content (AvgIpc) is 2.35. The summed E-state index contributed by atoms with van der Waals surface area (Å²) in [6.07, 6.45) is 1.53. The van der Waals surface area contributed by atoms with Crippen molar-refractivity contribution < 1.29 is 4.74 Å². The third-order valence-corrected chi connectivity index (χ3v) is 2.78. The molecule has 1 heterocycles. The summed E-state index contributed by atoms with van der Waals surface area (Å²) in [6.45, 7) is 0.593. The quantitative estimate of drug-likeness (QED) is 0.837. The molecule has 0 atom stereocenters. The molecule has 0 aliphatic carbocycles. The van der Waals surface area contributed by atoms with Crippen molar-refractivity contribution in [2.75, 3.05) is 13.7 Å². The van der Waals surface area contributed by atoms with Gasteiger partial charge in [0, 0.05) is 16.5 Å². The number of methoxy groups -OCH3 is 1. The second kappa shape index (κ2) is 5.01. The van der Waals surface area contributed by atoms with Gasteiger partial charge in [-0.3, -0.25) is 4.79 Å². The van der Waals surface area contributed by atoms with Crippen LogP contribution in [-0.2, 0) is 6.42 Å². The second-order valence-corrected chi connectivity index (χ2v) is 3.97. The zero-order chi connectivity index (χ0) is 12.3. The van der Waals surface area contributed by atoms with Crippen LogP contribution in [0.4, 0.5) is 0 Å². The summed E-state index contributed by atoms with van der Waals surface area (Å²) in [5, 5.41) is 0.982. The van der Waals surface area contributed by atoms with Gasteiger partial charge < -0.3 is 15.5 Å². The Morgan fingerprint density at radius 1 is 1.35 bits per heavy atom. The Bertz CT molecular complexity index is 575. The fourth-order valence-corrected chi connectivity index (χ4v) is 1.84. The maximum Gasteiger partial charge on any atom is 0.251 e. The molecule has 0 unspecified atom stereocenters. The smallest absolute Gasteiger partial charge is 0.251 e. The van der Waals surface area contributed by atoms with Crippen molar-refractivity contribution in [3.05, 3.63) is 40.2 Å². The summed E-state index contributed by atoms with van der Waals surface area (Å²) >= 11 is 0. The first kappa shape index (κ1) is 11.7. The molecule has 0 spiro atoms. The van der Waals surface area contributed by atoms with Crippen molar-refractivity contribution in [3.63, 3.8) is 0 Å². The number of ether oxygens (including phenoxy) is 1. The van der Waals surface area contributed by atoms with Crippen molar-refractivity contribution in [1.82, 2.24) is 4.98 Å². The van der Waals surface area contributed by atoms with Crippen LogP contribution < -0.4 is 16.0 Å². The van der Waals surface area contributed by atoms with E-state index in [1.54, 1.807) is 7.11 Å². The summed E-state index contributed by atoms with van der Waals surface area (Å²) in [5.74, 6) is 0.786. The van der Waals surface area contributed by atoms with E-state index < -0.39 is 0 Å². The lowest BCUT2D eigenvalue weighted by molar-refractivity contribution is 0.415. The van der Waals surface area contributed by atoms with Crippen molar-refractivity contribution in [1.29, 1.82) is 0 Å². The maximum atomic E-state index is 11.8. The van der Waals surface area contributed by atoms with Crippen LogP contribution in [0, 0.1) is 0 Å². The van der Waals surface area contributed by atoms with Gasteiger partial charge in [-0.15, -0.1) is 0 Å². The summed E-state index contributed by atoms with van der Waals surface area (Å²) in [4.78, 5) is 14.6. The molecule has 0 fully saturated rings. The molecular formula is C13H16N2O2. The van der Waals surface area contributed by atoms with Gasteiger partial charge in [-0.1, -0.05) is 0 Å². The molecule has 2 rings (SSSR count). The van der Waals surface area contributed by atoms with Gasteiger partial charge in [0.25, 0.3) is 5.56 Å². The molecule has 1 aromatic carbocycles. The minimum atomic E-state index is -0.0314. The Labute approximate surface area is 99.4 Å². The van der Waals surface area contributed by atoms with Gasteiger partial charge in [0.05, 0.1) is 7.11 Å². The van der Waals surface area contributed by atoms with E-state index in [4.69, 9.17) is 10.5 Å². The maximum absolute atomic E-state index is 11.8. The second-order valence-electron chi connectivity index (χ2n) is 3.97. The minimum absolute atomic E-state index is 0.0314. The van der Waals surface area contributed by atoms with Crippen LogP contribution >= 0.6 is 0 Å². The standard InChI is InChI=1S/C13H16N2O2/c1-17-11-4-5-12-10(8-11)7-9(3-2-6-14)13(16)15-12/h4-5,7-8H,2-3,6,14H2,1H3,(H,15,16). The van der Waals surface area contributed by atoms with E-state index in [2.05, 4.69) is 4.98 Å². The number of aromatic nitrogens is 1. The van der Waals surface area contributed by atoms with Gasteiger partial charge >= 0.3 is 0 Å². The summed E-state index contributed by atoms with van der Waals surface area (Å²) in [5.41, 5.74) is 7.02. The van der Waals surface area contributed by atoms with Crippen LogP contribution in [0.15, 0.2) is 29.1 Å². The van der Waals surface area contributed by atoms with Crippen LogP contribution in [-0.4, -0.2) is 18.6 Å². The third kappa shape index (κ3) is 2.47. The number of aryl methyl sites for hydroxylation is 1. The predicted octanol–water partition coefficient (Wildman–Crippen LogP) is 1.43. The van der Waals surface area contributed by atoms with E-state index in [9.17, 15) is 4.79 Å². The first-order valence-electron chi connectivity index (χ1n) is 5.64. The Hall–Kier alpha value is -1.81. The molecule has 17 heavy (non-hydrogen) atoms. The third-order valence-electron chi connectivity index (χ3n) is 2.78. The van der Waals surface area contributed by atoms with Crippen molar-refractivity contribution in [3.8, 4) is 5.75 Å².